The molecule has 2 heterocycles. The van der Waals surface area contributed by atoms with Gasteiger partial charge in [0, 0.05) is 25.0 Å². The number of fused-ring (bicyclic) bond motifs is 1. The molecule has 130 valence electrons. The second-order valence-electron chi connectivity index (χ2n) is 7.29. The van der Waals surface area contributed by atoms with E-state index < -0.39 is 0 Å². The molecule has 0 aliphatic carbocycles. The fourth-order valence-corrected chi connectivity index (χ4v) is 3.86. The molecule has 1 aliphatic rings. The van der Waals surface area contributed by atoms with Crippen molar-refractivity contribution in [2.24, 2.45) is 11.8 Å². The maximum atomic E-state index is 12.3. The van der Waals surface area contributed by atoms with Crippen molar-refractivity contribution < 1.29 is 4.79 Å². The van der Waals surface area contributed by atoms with Crippen LogP contribution >= 0.6 is 0 Å². The Bertz CT molecular complexity index is 671. The van der Waals surface area contributed by atoms with Crippen molar-refractivity contribution in [3.63, 3.8) is 0 Å². The van der Waals surface area contributed by atoms with Gasteiger partial charge in [0.1, 0.15) is 0 Å². The summed E-state index contributed by atoms with van der Waals surface area (Å²) in [6.45, 7) is 8.97. The summed E-state index contributed by atoms with van der Waals surface area (Å²) in [4.78, 5) is 14.8. The first kappa shape index (κ1) is 17.0. The summed E-state index contributed by atoms with van der Waals surface area (Å²) in [5, 5.41) is 10.9. The maximum absolute atomic E-state index is 12.3. The van der Waals surface area contributed by atoms with E-state index in [1.165, 1.54) is 19.5 Å². The molecule has 3 rings (SSSR count). The number of nitrogens with one attached hydrogen (secondary N) is 2. The zero-order valence-corrected chi connectivity index (χ0v) is 14.7. The average molecular weight is 328 g/mol. The molecule has 2 N–H and O–H groups in total. The van der Waals surface area contributed by atoms with Gasteiger partial charge >= 0.3 is 0 Å². The minimum atomic E-state index is -0.0901. The number of likely N-dealkylation sites (tertiary alicyclic amines) is 1. The molecule has 1 aliphatic heterocycles. The number of benzene rings is 1. The Morgan fingerprint density at radius 1 is 1.25 bits per heavy atom. The quantitative estimate of drug-likeness (QED) is 0.801. The zero-order valence-electron chi connectivity index (χ0n) is 14.7. The van der Waals surface area contributed by atoms with Crippen molar-refractivity contribution in [1.82, 2.24) is 20.4 Å². The van der Waals surface area contributed by atoms with Crippen LogP contribution in [0.15, 0.2) is 24.3 Å². The van der Waals surface area contributed by atoms with Crippen LogP contribution in [0.5, 0.6) is 0 Å². The van der Waals surface area contributed by atoms with Gasteiger partial charge in [-0.3, -0.25) is 9.89 Å². The van der Waals surface area contributed by atoms with E-state index in [2.05, 4.69) is 34.3 Å². The summed E-state index contributed by atoms with van der Waals surface area (Å²) in [6.07, 6.45) is 3.48. The van der Waals surface area contributed by atoms with Gasteiger partial charge < -0.3 is 10.2 Å². The Labute approximate surface area is 143 Å². The Kier molecular flexibility index (Phi) is 5.51. The molecule has 0 unspecified atom stereocenters. The molecule has 5 nitrogen and oxygen atoms in total. The number of rotatable bonds is 6. The van der Waals surface area contributed by atoms with Gasteiger partial charge in [-0.05, 0) is 43.7 Å². The predicted octanol–water partition coefficient (Wildman–Crippen LogP) is 3.05. The van der Waals surface area contributed by atoms with E-state index in [0.717, 1.165) is 42.1 Å². The highest BCUT2D eigenvalue weighted by atomic mass is 16.1. The van der Waals surface area contributed by atoms with Crippen molar-refractivity contribution in [3.05, 3.63) is 30.0 Å². The summed E-state index contributed by atoms with van der Waals surface area (Å²) < 4.78 is 0. The number of hydrogen-bond donors (Lipinski definition) is 2. The SMILES string of the molecule is C[C@@H]1C[C@@H](C)CN(CCCCNC(=O)c2n[nH]c3ccccc23)C1. The lowest BCUT2D eigenvalue weighted by Crippen LogP contribution is -2.39. The second kappa shape index (κ2) is 7.79. The summed E-state index contributed by atoms with van der Waals surface area (Å²) >= 11 is 0. The molecule has 2 aromatic rings. The standard InChI is InChI=1S/C19H28N4O/c1-14-11-15(2)13-23(12-14)10-6-5-9-20-19(24)18-16-7-3-4-8-17(16)21-22-18/h3-4,7-8,14-15H,5-6,9-13H2,1-2H3,(H,20,24)(H,21,22)/t14-,15-/m1/s1. The molecule has 1 saturated heterocycles. The minimum Gasteiger partial charge on any atom is -0.351 e. The smallest absolute Gasteiger partial charge is 0.272 e. The molecule has 1 aromatic heterocycles. The summed E-state index contributed by atoms with van der Waals surface area (Å²) in [5.74, 6) is 1.52. The Balaban J connectivity index is 1.40. The van der Waals surface area contributed by atoms with Crippen LogP contribution in [0.4, 0.5) is 0 Å². The van der Waals surface area contributed by atoms with Crippen LogP contribution in [-0.4, -0.2) is 47.2 Å². The van der Waals surface area contributed by atoms with Crippen LogP contribution in [0.3, 0.4) is 0 Å². The molecule has 1 amide bonds. The van der Waals surface area contributed by atoms with Crippen molar-refractivity contribution in [3.8, 4) is 0 Å². The second-order valence-corrected chi connectivity index (χ2v) is 7.29. The predicted molar refractivity (Wildman–Crippen MR) is 97.0 cm³/mol. The maximum Gasteiger partial charge on any atom is 0.272 e. The molecule has 5 heteroatoms. The van der Waals surface area contributed by atoms with E-state index in [0.29, 0.717) is 12.2 Å². The van der Waals surface area contributed by atoms with Crippen molar-refractivity contribution in [1.29, 1.82) is 0 Å². The van der Waals surface area contributed by atoms with Crippen molar-refractivity contribution in [2.45, 2.75) is 33.1 Å². The molecule has 24 heavy (non-hydrogen) atoms. The third-order valence-corrected chi connectivity index (χ3v) is 4.82. The third kappa shape index (κ3) is 4.15. The fraction of sp³-hybridized carbons (Fsp3) is 0.579. The lowest BCUT2D eigenvalue weighted by molar-refractivity contribution is 0.0948. The van der Waals surface area contributed by atoms with Crippen LogP contribution in [-0.2, 0) is 0 Å². The molecule has 2 atom stereocenters. The molecule has 0 bridgehead atoms. The first-order valence-corrected chi connectivity index (χ1v) is 9.07. The Hall–Kier alpha value is -1.88. The summed E-state index contributed by atoms with van der Waals surface area (Å²) in [6, 6.07) is 7.71. The van der Waals surface area contributed by atoms with Gasteiger partial charge in [-0.1, -0.05) is 32.0 Å². The number of carbonyl (C=O) groups is 1. The van der Waals surface area contributed by atoms with Crippen LogP contribution in [0.1, 0.15) is 43.6 Å². The molecule has 0 radical (unpaired) electrons. The minimum absolute atomic E-state index is 0.0901. The lowest BCUT2D eigenvalue weighted by atomic mass is 9.92. The molecular formula is C19H28N4O. The molecular weight excluding hydrogens is 300 g/mol. The number of carbonyl (C=O) groups excluding carboxylic acids is 1. The average Bonchev–Trinajstić information content (AvgIpc) is 2.97. The number of para-hydroxylation sites is 1. The normalized spacial score (nSPS) is 21.9. The van der Waals surface area contributed by atoms with E-state index in [1.54, 1.807) is 0 Å². The van der Waals surface area contributed by atoms with E-state index in [1.807, 2.05) is 24.3 Å². The first-order chi connectivity index (χ1) is 11.6. The molecule has 0 saturated carbocycles. The van der Waals surface area contributed by atoms with Gasteiger partial charge in [0.25, 0.3) is 5.91 Å². The number of hydrogen-bond acceptors (Lipinski definition) is 3. The number of nitrogens with zero attached hydrogens (tertiary/aromatic N) is 2. The Morgan fingerprint density at radius 2 is 2.00 bits per heavy atom. The Morgan fingerprint density at radius 3 is 2.79 bits per heavy atom. The van der Waals surface area contributed by atoms with Gasteiger partial charge in [0.15, 0.2) is 5.69 Å². The van der Waals surface area contributed by atoms with Gasteiger partial charge in [-0.25, -0.2) is 0 Å². The highest BCUT2D eigenvalue weighted by molar-refractivity contribution is 6.04. The summed E-state index contributed by atoms with van der Waals surface area (Å²) in [5.41, 5.74) is 1.39. The number of unbranched alkanes of at least 4 members (excludes halogenated alkanes) is 1. The van der Waals surface area contributed by atoms with Crippen molar-refractivity contribution in [2.75, 3.05) is 26.2 Å². The van der Waals surface area contributed by atoms with Crippen molar-refractivity contribution >= 4 is 16.8 Å². The topological polar surface area (TPSA) is 61.0 Å². The monoisotopic (exact) mass is 328 g/mol. The number of piperidine rings is 1. The highest BCUT2D eigenvalue weighted by Crippen LogP contribution is 2.21. The first-order valence-electron chi connectivity index (χ1n) is 9.07. The van der Waals surface area contributed by atoms with E-state index in [-0.39, 0.29) is 5.91 Å². The number of amides is 1. The van der Waals surface area contributed by atoms with Crippen LogP contribution in [0.2, 0.25) is 0 Å². The van der Waals surface area contributed by atoms with Crippen LogP contribution in [0.25, 0.3) is 10.9 Å². The van der Waals surface area contributed by atoms with Gasteiger partial charge in [-0.15, -0.1) is 0 Å². The number of H-pyrrole nitrogens is 1. The molecule has 0 spiro atoms. The van der Waals surface area contributed by atoms with Gasteiger partial charge in [0.2, 0.25) is 0 Å². The number of aromatic amines is 1. The number of aromatic nitrogens is 2. The summed E-state index contributed by atoms with van der Waals surface area (Å²) in [7, 11) is 0. The van der Waals surface area contributed by atoms with Gasteiger partial charge in [0.05, 0.1) is 5.52 Å². The molecule has 1 fully saturated rings. The van der Waals surface area contributed by atoms with Crippen LogP contribution < -0.4 is 5.32 Å². The van der Waals surface area contributed by atoms with Gasteiger partial charge in [-0.2, -0.15) is 5.10 Å². The zero-order chi connectivity index (χ0) is 16.9. The highest BCUT2D eigenvalue weighted by Gasteiger charge is 2.21. The largest absolute Gasteiger partial charge is 0.351 e. The van der Waals surface area contributed by atoms with E-state index >= 15 is 0 Å². The molecule has 1 aromatic carbocycles. The fourth-order valence-electron chi connectivity index (χ4n) is 3.86. The van der Waals surface area contributed by atoms with E-state index in [4.69, 9.17) is 0 Å². The lowest BCUT2D eigenvalue weighted by Gasteiger charge is -2.34. The van der Waals surface area contributed by atoms with Crippen LogP contribution in [0, 0.1) is 11.8 Å². The van der Waals surface area contributed by atoms with E-state index in [9.17, 15) is 4.79 Å². The third-order valence-electron chi connectivity index (χ3n) is 4.82.